The Morgan fingerprint density at radius 3 is 2.60 bits per heavy atom. The number of hydrogen-bond donors (Lipinski definition) is 0. The van der Waals surface area contributed by atoms with Crippen LogP contribution in [0, 0.1) is 22.7 Å². The van der Waals surface area contributed by atoms with Gasteiger partial charge in [-0.1, -0.05) is 42.5 Å². The summed E-state index contributed by atoms with van der Waals surface area (Å²) in [6, 6.07) is 16.0. The predicted molar refractivity (Wildman–Crippen MR) is 101 cm³/mol. The Hall–Kier alpha value is -3.15. The van der Waals surface area contributed by atoms with E-state index in [1.807, 2.05) is 71.1 Å². The van der Waals surface area contributed by atoms with Crippen LogP contribution >= 0.6 is 11.3 Å². The number of nitrogens with zero attached hydrogens (tertiary/aromatic N) is 4. The SMILES string of the molecule is CCN1C(C#N)=C(C#N)N=C(c2ccsc2)C1/C=C/c1ccccc1. The van der Waals surface area contributed by atoms with Gasteiger partial charge in [0.25, 0.3) is 0 Å². The van der Waals surface area contributed by atoms with Crippen molar-refractivity contribution < 1.29 is 0 Å². The van der Waals surface area contributed by atoms with Crippen molar-refractivity contribution in [2.45, 2.75) is 13.0 Å². The molecule has 1 aromatic heterocycles. The van der Waals surface area contributed by atoms with Crippen molar-refractivity contribution >= 4 is 23.1 Å². The molecule has 1 aromatic carbocycles. The Balaban J connectivity index is 2.09. The molecule has 0 aliphatic carbocycles. The van der Waals surface area contributed by atoms with E-state index in [2.05, 4.69) is 17.1 Å². The highest BCUT2D eigenvalue weighted by atomic mass is 32.1. The summed E-state index contributed by atoms with van der Waals surface area (Å²) in [5, 5.41) is 22.9. The topological polar surface area (TPSA) is 63.2 Å². The van der Waals surface area contributed by atoms with Gasteiger partial charge in [-0.05, 0) is 29.3 Å². The largest absolute Gasteiger partial charge is 0.349 e. The quantitative estimate of drug-likeness (QED) is 0.834. The Kier molecular flexibility index (Phi) is 5.09. The molecule has 5 heteroatoms. The fourth-order valence-corrected chi connectivity index (χ4v) is 3.47. The number of allylic oxidation sites excluding steroid dienone is 2. The molecule has 0 N–H and O–H groups in total. The van der Waals surface area contributed by atoms with Crippen LogP contribution in [0.4, 0.5) is 0 Å². The lowest BCUT2D eigenvalue weighted by atomic mass is 9.99. The second-order valence-corrected chi connectivity index (χ2v) is 6.21. The molecule has 0 spiro atoms. The zero-order chi connectivity index (χ0) is 17.6. The molecule has 122 valence electrons. The molecular weight excluding hydrogens is 328 g/mol. The van der Waals surface area contributed by atoms with Gasteiger partial charge in [0.1, 0.15) is 12.1 Å². The summed E-state index contributed by atoms with van der Waals surface area (Å²) < 4.78 is 0. The second kappa shape index (κ2) is 7.61. The van der Waals surface area contributed by atoms with Gasteiger partial charge in [0.05, 0.1) is 11.8 Å². The molecule has 0 fully saturated rings. The first-order valence-corrected chi connectivity index (χ1v) is 8.88. The number of nitriles is 2. The molecule has 0 saturated carbocycles. The lowest BCUT2D eigenvalue weighted by Gasteiger charge is -2.33. The Bertz CT molecular complexity index is 909. The van der Waals surface area contributed by atoms with E-state index in [4.69, 9.17) is 0 Å². The fourth-order valence-electron chi connectivity index (χ4n) is 2.82. The highest BCUT2D eigenvalue weighted by Gasteiger charge is 2.30. The zero-order valence-electron chi connectivity index (χ0n) is 13.8. The van der Waals surface area contributed by atoms with Crippen LogP contribution in [0.25, 0.3) is 6.08 Å². The molecule has 1 atom stereocenters. The number of aliphatic imine (C=N–C) groups is 1. The zero-order valence-corrected chi connectivity index (χ0v) is 14.6. The minimum atomic E-state index is -0.188. The highest BCUT2D eigenvalue weighted by Crippen LogP contribution is 2.26. The van der Waals surface area contributed by atoms with E-state index in [0.29, 0.717) is 12.2 Å². The minimum absolute atomic E-state index is 0.176. The molecule has 25 heavy (non-hydrogen) atoms. The third-order valence-corrected chi connectivity index (χ3v) is 4.68. The van der Waals surface area contributed by atoms with Gasteiger partial charge in [-0.25, -0.2) is 4.99 Å². The highest BCUT2D eigenvalue weighted by molar-refractivity contribution is 7.08. The van der Waals surface area contributed by atoms with Gasteiger partial charge in [-0.3, -0.25) is 0 Å². The van der Waals surface area contributed by atoms with E-state index in [9.17, 15) is 10.5 Å². The molecule has 3 rings (SSSR count). The molecular formula is C20H16N4S. The third-order valence-electron chi connectivity index (χ3n) is 4.00. The molecule has 0 amide bonds. The lowest BCUT2D eigenvalue weighted by Crippen LogP contribution is -2.42. The molecule has 0 bridgehead atoms. The van der Waals surface area contributed by atoms with Crippen molar-refractivity contribution in [2.24, 2.45) is 4.99 Å². The van der Waals surface area contributed by atoms with E-state index in [1.54, 1.807) is 11.3 Å². The van der Waals surface area contributed by atoms with Crippen molar-refractivity contribution in [3.63, 3.8) is 0 Å². The first kappa shape index (κ1) is 16.7. The standard InChI is InChI=1S/C20H16N4S/c1-2-24-18(9-8-15-6-4-3-5-7-15)20(16-10-11-25-14-16)23-17(12-21)19(24)13-22/h3-11,14,18H,2H2,1H3/b9-8+. The van der Waals surface area contributed by atoms with Gasteiger partial charge in [-0.15, -0.1) is 0 Å². The maximum absolute atomic E-state index is 9.52. The number of hydrogen-bond acceptors (Lipinski definition) is 5. The maximum atomic E-state index is 9.52. The summed E-state index contributed by atoms with van der Waals surface area (Å²) >= 11 is 1.59. The Morgan fingerprint density at radius 1 is 1.20 bits per heavy atom. The summed E-state index contributed by atoms with van der Waals surface area (Å²) in [6.45, 7) is 2.59. The van der Waals surface area contributed by atoms with Gasteiger partial charge in [0.2, 0.25) is 0 Å². The van der Waals surface area contributed by atoms with Crippen molar-refractivity contribution in [2.75, 3.05) is 6.54 Å². The lowest BCUT2D eigenvalue weighted by molar-refractivity contribution is 0.366. The average molecular weight is 344 g/mol. The predicted octanol–water partition coefficient (Wildman–Crippen LogP) is 4.21. The summed E-state index contributed by atoms with van der Waals surface area (Å²) in [7, 11) is 0. The van der Waals surface area contributed by atoms with Crippen LogP contribution in [0.1, 0.15) is 18.1 Å². The molecule has 2 heterocycles. The van der Waals surface area contributed by atoms with E-state index in [0.717, 1.165) is 16.8 Å². The van der Waals surface area contributed by atoms with E-state index in [1.165, 1.54) is 0 Å². The van der Waals surface area contributed by atoms with E-state index >= 15 is 0 Å². The minimum Gasteiger partial charge on any atom is -0.349 e. The Morgan fingerprint density at radius 2 is 2.00 bits per heavy atom. The smallest absolute Gasteiger partial charge is 0.175 e. The summed E-state index contributed by atoms with van der Waals surface area (Å²) in [4.78, 5) is 6.44. The number of thiophene rings is 1. The van der Waals surface area contributed by atoms with Gasteiger partial charge in [0, 0.05) is 12.1 Å². The molecule has 0 radical (unpaired) electrons. The van der Waals surface area contributed by atoms with Gasteiger partial charge < -0.3 is 4.90 Å². The van der Waals surface area contributed by atoms with Gasteiger partial charge >= 0.3 is 0 Å². The van der Waals surface area contributed by atoms with E-state index in [-0.39, 0.29) is 11.7 Å². The maximum Gasteiger partial charge on any atom is 0.175 e. The van der Waals surface area contributed by atoms with Crippen LogP contribution in [0.3, 0.4) is 0 Å². The molecule has 1 unspecified atom stereocenters. The fraction of sp³-hybridized carbons (Fsp3) is 0.150. The monoisotopic (exact) mass is 344 g/mol. The molecule has 1 aliphatic heterocycles. The summed E-state index contributed by atoms with van der Waals surface area (Å²) in [5.74, 6) is 0. The average Bonchev–Trinajstić information content (AvgIpc) is 3.20. The number of rotatable bonds is 4. The first-order valence-electron chi connectivity index (χ1n) is 7.94. The molecule has 2 aromatic rings. The van der Waals surface area contributed by atoms with E-state index < -0.39 is 0 Å². The summed E-state index contributed by atoms with van der Waals surface area (Å²) in [6.07, 6.45) is 4.07. The number of likely N-dealkylation sites (N-methyl/N-ethyl adjacent to an activating group) is 1. The van der Waals surface area contributed by atoms with Crippen LogP contribution in [0.15, 0.2) is 69.6 Å². The third kappa shape index (κ3) is 3.38. The molecule has 1 aliphatic rings. The number of benzene rings is 1. The normalized spacial score (nSPS) is 17.3. The van der Waals surface area contributed by atoms with Gasteiger partial charge in [0.15, 0.2) is 11.4 Å². The van der Waals surface area contributed by atoms with Crippen molar-refractivity contribution in [3.05, 3.63) is 75.8 Å². The van der Waals surface area contributed by atoms with Crippen LogP contribution in [-0.2, 0) is 0 Å². The Labute approximate surface area is 151 Å². The van der Waals surface area contributed by atoms with Gasteiger partial charge in [-0.2, -0.15) is 21.9 Å². The molecule has 0 saturated heterocycles. The summed E-state index contributed by atoms with van der Waals surface area (Å²) in [5.41, 5.74) is 3.36. The van der Waals surface area contributed by atoms with Crippen molar-refractivity contribution in [1.82, 2.24) is 4.90 Å². The van der Waals surface area contributed by atoms with Crippen LogP contribution < -0.4 is 0 Å². The van der Waals surface area contributed by atoms with Crippen molar-refractivity contribution in [3.8, 4) is 12.1 Å². The molecule has 4 nitrogen and oxygen atoms in total. The second-order valence-electron chi connectivity index (χ2n) is 5.43. The first-order chi connectivity index (χ1) is 12.3. The van der Waals surface area contributed by atoms with Crippen LogP contribution in [-0.4, -0.2) is 23.2 Å². The van der Waals surface area contributed by atoms with Crippen LogP contribution in [0.5, 0.6) is 0 Å². The van der Waals surface area contributed by atoms with Crippen molar-refractivity contribution in [1.29, 1.82) is 10.5 Å². The van der Waals surface area contributed by atoms with Crippen LogP contribution in [0.2, 0.25) is 0 Å².